The quantitative estimate of drug-likeness (QED) is 0.504. The van der Waals surface area contributed by atoms with Gasteiger partial charge in [-0.05, 0) is 74.9 Å². The van der Waals surface area contributed by atoms with Gasteiger partial charge < -0.3 is 10.5 Å². The number of rotatable bonds is 4. The van der Waals surface area contributed by atoms with Crippen LogP contribution in [0.15, 0.2) is 46.4 Å². The summed E-state index contributed by atoms with van der Waals surface area (Å²) >= 11 is 0. The maximum atomic E-state index is 6.15. The number of nitrogen functional groups attached to an aromatic ring is 1. The van der Waals surface area contributed by atoms with E-state index in [1.807, 2.05) is 39.0 Å². The van der Waals surface area contributed by atoms with Crippen LogP contribution in [0.1, 0.15) is 49.4 Å². The van der Waals surface area contributed by atoms with Crippen molar-refractivity contribution in [2.24, 2.45) is 9.98 Å². The molecule has 2 aromatic rings. The molecule has 0 aliphatic heterocycles. The van der Waals surface area contributed by atoms with Gasteiger partial charge in [-0.3, -0.25) is 4.99 Å². The van der Waals surface area contributed by atoms with Gasteiger partial charge in [0.1, 0.15) is 5.75 Å². The van der Waals surface area contributed by atoms with E-state index in [0.717, 1.165) is 35.5 Å². The first-order chi connectivity index (χ1) is 12.5. The molecule has 1 aliphatic rings. The monoisotopic (exact) mass is 349 g/mol. The Labute approximate surface area is 155 Å². The lowest BCUT2D eigenvalue weighted by atomic mass is 10.0. The number of aryl methyl sites for hydroxylation is 1. The fourth-order valence-electron chi connectivity index (χ4n) is 3.42. The summed E-state index contributed by atoms with van der Waals surface area (Å²) in [5.41, 5.74) is 12.6. The van der Waals surface area contributed by atoms with E-state index in [2.05, 4.69) is 23.2 Å². The molecule has 0 unspecified atom stereocenters. The lowest BCUT2D eigenvalue weighted by molar-refractivity contribution is 0.244. The topological polar surface area (TPSA) is 60.0 Å². The van der Waals surface area contributed by atoms with Crippen molar-refractivity contribution in [1.29, 1.82) is 0 Å². The SMILES string of the molecule is CN=C(N=C(C)c1ccc(OC(C)C)c(N)c1)c1cccc2c1CCC2. The van der Waals surface area contributed by atoms with E-state index in [9.17, 15) is 0 Å². The van der Waals surface area contributed by atoms with Gasteiger partial charge in [0, 0.05) is 18.3 Å². The normalized spacial score (nSPS) is 14.7. The number of ether oxygens (including phenoxy) is 1. The van der Waals surface area contributed by atoms with Crippen LogP contribution in [0.5, 0.6) is 5.75 Å². The zero-order valence-electron chi connectivity index (χ0n) is 16.0. The first-order valence-corrected chi connectivity index (χ1v) is 9.19. The largest absolute Gasteiger partial charge is 0.489 e. The molecule has 2 aromatic carbocycles. The van der Waals surface area contributed by atoms with Crippen LogP contribution in [0.2, 0.25) is 0 Å². The number of anilines is 1. The Balaban J connectivity index is 1.91. The van der Waals surface area contributed by atoms with Gasteiger partial charge in [-0.25, -0.2) is 4.99 Å². The number of nitrogens with zero attached hydrogens (tertiary/aromatic N) is 2. The van der Waals surface area contributed by atoms with Crippen molar-refractivity contribution in [3.63, 3.8) is 0 Å². The van der Waals surface area contributed by atoms with Crippen molar-refractivity contribution in [2.45, 2.75) is 46.1 Å². The molecule has 3 rings (SSSR count). The van der Waals surface area contributed by atoms with Gasteiger partial charge in [0.25, 0.3) is 0 Å². The summed E-state index contributed by atoms with van der Waals surface area (Å²) in [6, 6.07) is 12.3. The second kappa shape index (κ2) is 7.73. The Bertz CT molecular complexity index is 866. The molecule has 0 fully saturated rings. The van der Waals surface area contributed by atoms with E-state index in [1.54, 1.807) is 7.05 Å². The van der Waals surface area contributed by atoms with E-state index < -0.39 is 0 Å². The molecule has 0 radical (unpaired) electrons. The van der Waals surface area contributed by atoms with Crippen LogP contribution in [-0.4, -0.2) is 24.7 Å². The van der Waals surface area contributed by atoms with Gasteiger partial charge in [-0.1, -0.05) is 18.2 Å². The highest BCUT2D eigenvalue weighted by Crippen LogP contribution is 2.27. The van der Waals surface area contributed by atoms with Crippen LogP contribution in [0.3, 0.4) is 0 Å². The number of hydrogen-bond donors (Lipinski definition) is 1. The Morgan fingerprint density at radius 3 is 2.65 bits per heavy atom. The first-order valence-electron chi connectivity index (χ1n) is 9.19. The summed E-state index contributed by atoms with van der Waals surface area (Å²) in [6.45, 7) is 5.97. The van der Waals surface area contributed by atoms with Crippen molar-refractivity contribution in [2.75, 3.05) is 12.8 Å². The van der Waals surface area contributed by atoms with Gasteiger partial charge in [0.2, 0.25) is 0 Å². The summed E-state index contributed by atoms with van der Waals surface area (Å²) in [6.07, 6.45) is 3.56. The lowest BCUT2D eigenvalue weighted by Gasteiger charge is -2.13. The Kier molecular flexibility index (Phi) is 5.40. The number of aliphatic imine (C=N–C) groups is 2. The molecule has 0 amide bonds. The van der Waals surface area contributed by atoms with Crippen molar-refractivity contribution in [1.82, 2.24) is 0 Å². The van der Waals surface area contributed by atoms with E-state index in [1.165, 1.54) is 17.5 Å². The first kappa shape index (κ1) is 18.2. The molecule has 26 heavy (non-hydrogen) atoms. The van der Waals surface area contributed by atoms with Crippen LogP contribution >= 0.6 is 0 Å². The van der Waals surface area contributed by atoms with Crippen molar-refractivity contribution in [3.05, 3.63) is 58.7 Å². The molecule has 0 bridgehead atoms. The number of benzene rings is 2. The lowest BCUT2D eigenvalue weighted by Crippen LogP contribution is -2.09. The molecular weight excluding hydrogens is 322 g/mol. The molecule has 0 aromatic heterocycles. The van der Waals surface area contributed by atoms with Crippen molar-refractivity contribution >= 4 is 17.2 Å². The zero-order chi connectivity index (χ0) is 18.7. The number of amidine groups is 1. The van der Waals surface area contributed by atoms with E-state index >= 15 is 0 Å². The molecule has 0 saturated carbocycles. The summed E-state index contributed by atoms with van der Waals surface area (Å²) in [5, 5.41) is 0. The standard InChI is InChI=1S/C22H27N3O/c1-14(2)26-21-12-11-17(13-20(21)23)15(3)25-22(24-4)19-10-6-8-16-7-5-9-18(16)19/h6,8,10-14H,5,7,9,23H2,1-4H3. The second-order valence-electron chi connectivity index (χ2n) is 6.96. The van der Waals surface area contributed by atoms with Gasteiger partial charge in [-0.2, -0.15) is 0 Å². The fourth-order valence-corrected chi connectivity index (χ4v) is 3.42. The second-order valence-corrected chi connectivity index (χ2v) is 6.96. The van der Waals surface area contributed by atoms with Gasteiger partial charge in [0.15, 0.2) is 5.84 Å². The summed E-state index contributed by atoms with van der Waals surface area (Å²) in [5.74, 6) is 1.49. The maximum absolute atomic E-state index is 6.15. The smallest absolute Gasteiger partial charge is 0.154 e. The minimum atomic E-state index is 0.0944. The highest BCUT2D eigenvalue weighted by Gasteiger charge is 2.17. The predicted octanol–water partition coefficient (Wildman–Crippen LogP) is 4.43. The van der Waals surface area contributed by atoms with Gasteiger partial charge in [0.05, 0.1) is 11.8 Å². The average molecular weight is 349 g/mol. The van der Waals surface area contributed by atoms with Crippen LogP contribution in [0.25, 0.3) is 0 Å². The van der Waals surface area contributed by atoms with Crippen molar-refractivity contribution < 1.29 is 4.74 Å². The molecule has 2 N–H and O–H groups in total. The molecule has 0 heterocycles. The molecule has 0 spiro atoms. The van der Waals surface area contributed by atoms with E-state index in [4.69, 9.17) is 15.5 Å². The molecule has 4 nitrogen and oxygen atoms in total. The van der Waals surface area contributed by atoms with Gasteiger partial charge in [-0.15, -0.1) is 0 Å². The Hall–Kier alpha value is -2.62. The zero-order valence-corrected chi connectivity index (χ0v) is 16.0. The highest BCUT2D eigenvalue weighted by atomic mass is 16.5. The fraction of sp³-hybridized carbons (Fsp3) is 0.364. The Morgan fingerprint density at radius 2 is 1.96 bits per heavy atom. The minimum absolute atomic E-state index is 0.0944. The van der Waals surface area contributed by atoms with Crippen LogP contribution < -0.4 is 10.5 Å². The summed E-state index contributed by atoms with van der Waals surface area (Å²) in [4.78, 5) is 9.27. The average Bonchev–Trinajstić information content (AvgIpc) is 3.09. The number of nitrogens with two attached hydrogens (primary N) is 1. The van der Waals surface area contributed by atoms with Crippen LogP contribution in [0, 0.1) is 0 Å². The minimum Gasteiger partial charge on any atom is -0.489 e. The third kappa shape index (κ3) is 3.79. The molecular formula is C22H27N3O. The highest BCUT2D eigenvalue weighted by molar-refractivity contribution is 6.12. The van der Waals surface area contributed by atoms with Crippen molar-refractivity contribution in [3.8, 4) is 5.75 Å². The Morgan fingerprint density at radius 1 is 1.15 bits per heavy atom. The van der Waals surface area contributed by atoms with Gasteiger partial charge >= 0.3 is 0 Å². The molecule has 136 valence electrons. The van der Waals surface area contributed by atoms with Crippen LogP contribution in [0.4, 0.5) is 5.69 Å². The molecule has 0 saturated heterocycles. The third-order valence-electron chi connectivity index (χ3n) is 4.66. The predicted molar refractivity (Wildman–Crippen MR) is 110 cm³/mol. The molecule has 1 aliphatic carbocycles. The number of hydrogen-bond acceptors (Lipinski definition) is 3. The van der Waals surface area contributed by atoms with E-state index in [-0.39, 0.29) is 6.10 Å². The summed E-state index contributed by atoms with van der Waals surface area (Å²) in [7, 11) is 1.80. The van der Waals surface area contributed by atoms with E-state index in [0.29, 0.717) is 11.4 Å². The third-order valence-corrected chi connectivity index (χ3v) is 4.66. The van der Waals surface area contributed by atoms with Crippen LogP contribution in [-0.2, 0) is 12.8 Å². The molecule has 0 atom stereocenters. The number of fused-ring (bicyclic) bond motifs is 1. The summed E-state index contributed by atoms with van der Waals surface area (Å²) < 4.78 is 5.71. The maximum Gasteiger partial charge on any atom is 0.154 e. The molecule has 4 heteroatoms.